The number of hydrogen-bond donors (Lipinski definition) is 3. The van der Waals surface area contributed by atoms with Crippen LogP contribution in [-0.4, -0.2) is 34.9 Å². The summed E-state index contributed by atoms with van der Waals surface area (Å²) in [7, 11) is 0. The fourth-order valence-electron chi connectivity index (χ4n) is 1.48. The molecule has 0 radical (unpaired) electrons. The van der Waals surface area contributed by atoms with Gasteiger partial charge in [-0.25, -0.2) is 4.79 Å². The van der Waals surface area contributed by atoms with Crippen molar-refractivity contribution in [3.05, 3.63) is 0 Å². The first-order valence-electron chi connectivity index (χ1n) is 3.92. The molecule has 0 saturated carbocycles. The third-order valence-corrected chi connectivity index (χ3v) is 2.15. The van der Waals surface area contributed by atoms with Gasteiger partial charge in [0.2, 0.25) is 0 Å². The highest BCUT2D eigenvalue weighted by atomic mass is 16.4. The second-order valence-electron chi connectivity index (χ2n) is 3.01. The van der Waals surface area contributed by atoms with Crippen LogP contribution in [0.5, 0.6) is 0 Å². The van der Waals surface area contributed by atoms with Crippen molar-refractivity contribution in [2.24, 2.45) is 0 Å². The van der Waals surface area contributed by atoms with E-state index in [9.17, 15) is 4.79 Å². The summed E-state index contributed by atoms with van der Waals surface area (Å²) in [6.45, 7) is 0.0871. The van der Waals surface area contributed by atoms with E-state index in [0.29, 0.717) is 0 Å². The maximum atomic E-state index is 10.5. The highest BCUT2D eigenvalue weighted by molar-refractivity contribution is 5.71. The third kappa shape index (κ3) is 2.17. The van der Waals surface area contributed by atoms with Crippen molar-refractivity contribution in [1.82, 2.24) is 0 Å². The Kier molecular flexibility index (Phi) is 2.84. The zero-order valence-corrected chi connectivity index (χ0v) is 6.36. The third-order valence-electron chi connectivity index (χ3n) is 2.15. The number of aliphatic carboxylic acids is 1. The van der Waals surface area contributed by atoms with Crippen LogP contribution in [0.15, 0.2) is 0 Å². The van der Waals surface area contributed by atoms with Gasteiger partial charge >= 0.3 is 5.97 Å². The summed E-state index contributed by atoms with van der Waals surface area (Å²) >= 11 is 0. The topological polar surface area (TPSA) is 74.1 Å². The number of aliphatic hydroxyl groups excluding tert-OH is 1. The molecule has 0 amide bonds. The van der Waals surface area contributed by atoms with Crippen molar-refractivity contribution < 1.29 is 20.3 Å². The van der Waals surface area contributed by atoms with Gasteiger partial charge in [-0.1, -0.05) is 0 Å². The predicted molar refractivity (Wildman–Crippen MR) is 38.1 cm³/mol. The Morgan fingerprint density at radius 2 is 2.27 bits per heavy atom. The summed E-state index contributed by atoms with van der Waals surface area (Å²) in [5, 5.41) is 19.2. The molecule has 0 bridgehead atoms. The van der Waals surface area contributed by atoms with Gasteiger partial charge in [0.15, 0.2) is 6.04 Å². The lowest BCUT2D eigenvalue weighted by Gasteiger charge is -2.23. The van der Waals surface area contributed by atoms with Crippen molar-refractivity contribution in [2.45, 2.75) is 31.3 Å². The smallest absolute Gasteiger partial charge is 0.362 e. The number of rotatable bonds is 2. The largest absolute Gasteiger partial charge is 0.477 e. The zero-order chi connectivity index (χ0) is 8.27. The van der Waals surface area contributed by atoms with Crippen molar-refractivity contribution >= 4 is 5.97 Å². The van der Waals surface area contributed by atoms with E-state index < -0.39 is 5.97 Å². The number of hydrogen-bond acceptors (Lipinski definition) is 2. The van der Waals surface area contributed by atoms with Crippen molar-refractivity contribution in [3.8, 4) is 0 Å². The van der Waals surface area contributed by atoms with Crippen molar-refractivity contribution in [2.75, 3.05) is 6.61 Å². The summed E-state index contributed by atoms with van der Waals surface area (Å²) in [5.41, 5.74) is 0. The second-order valence-corrected chi connectivity index (χ2v) is 3.01. The van der Waals surface area contributed by atoms with Gasteiger partial charge in [0, 0.05) is 12.8 Å². The first-order valence-corrected chi connectivity index (χ1v) is 3.92. The number of carbonyl (C=O) groups is 1. The molecule has 0 aromatic heterocycles. The summed E-state index contributed by atoms with van der Waals surface area (Å²) < 4.78 is 0. The number of carboxylic acid groups (broad SMARTS) is 1. The van der Waals surface area contributed by atoms with Gasteiger partial charge in [-0.2, -0.15) is 0 Å². The molecule has 1 aliphatic rings. The summed E-state index contributed by atoms with van der Waals surface area (Å²) in [6, 6.07) is -0.231. The van der Waals surface area contributed by atoms with Crippen LogP contribution in [0, 0.1) is 0 Å². The average molecular weight is 160 g/mol. The number of nitrogens with two attached hydrogens (primary N) is 1. The van der Waals surface area contributed by atoms with Crippen LogP contribution in [0.1, 0.15) is 19.3 Å². The minimum Gasteiger partial charge on any atom is -0.477 e. The Hall–Kier alpha value is -0.610. The highest BCUT2D eigenvalue weighted by Gasteiger charge is 2.29. The molecule has 4 heteroatoms. The molecular formula is C7H14NO3+. The molecule has 11 heavy (non-hydrogen) atoms. The van der Waals surface area contributed by atoms with E-state index in [1.165, 1.54) is 0 Å². The van der Waals surface area contributed by atoms with Crippen LogP contribution in [0.4, 0.5) is 0 Å². The molecule has 64 valence electrons. The van der Waals surface area contributed by atoms with Gasteiger partial charge in [-0.05, 0) is 6.42 Å². The van der Waals surface area contributed by atoms with Gasteiger partial charge in [-0.15, -0.1) is 0 Å². The Bertz CT molecular complexity index is 149. The lowest BCUT2D eigenvalue weighted by Crippen LogP contribution is -2.98. The van der Waals surface area contributed by atoms with Gasteiger partial charge in [0.25, 0.3) is 0 Å². The molecular weight excluding hydrogens is 146 g/mol. The first kappa shape index (κ1) is 8.49. The van der Waals surface area contributed by atoms with Crippen molar-refractivity contribution in [1.29, 1.82) is 0 Å². The van der Waals surface area contributed by atoms with Gasteiger partial charge in [0.05, 0.1) is 6.61 Å². The van der Waals surface area contributed by atoms with E-state index >= 15 is 0 Å². The molecule has 0 unspecified atom stereocenters. The predicted octanol–water partition coefficient (Wildman–Crippen LogP) is -1.45. The van der Waals surface area contributed by atoms with E-state index in [0.717, 1.165) is 19.3 Å². The molecule has 1 saturated heterocycles. The molecule has 0 aromatic carbocycles. The standard InChI is InChI=1S/C7H13NO3/c9-4-5-2-1-3-6(8-5)7(10)11/h5-6,8-9H,1-4H2,(H,10,11)/p+1/t5-,6+/m1/s1. The molecule has 4 nitrogen and oxygen atoms in total. The number of piperidine rings is 1. The summed E-state index contributed by atoms with van der Waals surface area (Å²) in [6.07, 6.45) is 2.57. The quantitative estimate of drug-likeness (QED) is 0.462. The number of quaternary nitrogens is 1. The van der Waals surface area contributed by atoms with Gasteiger partial charge in [0.1, 0.15) is 6.04 Å². The summed E-state index contributed by atoms with van der Waals surface area (Å²) in [5.74, 6) is -0.761. The average Bonchev–Trinajstić information content (AvgIpc) is 2.05. The molecule has 0 aliphatic carbocycles. The number of carboxylic acids is 1. The van der Waals surface area contributed by atoms with E-state index in [1.54, 1.807) is 5.32 Å². The maximum Gasteiger partial charge on any atom is 0.362 e. The molecule has 1 heterocycles. The first-order chi connectivity index (χ1) is 5.24. The Balaban J connectivity index is 2.39. The monoisotopic (exact) mass is 160 g/mol. The SMILES string of the molecule is O=C(O)[C@@H]1CCC[C@H](CO)[NH2+]1. The number of aliphatic hydroxyl groups is 1. The van der Waals surface area contributed by atoms with E-state index in [4.69, 9.17) is 10.2 Å². The minimum absolute atomic E-state index is 0.0871. The fraction of sp³-hybridized carbons (Fsp3) is 0.857. The van der Waals surface area contributed by atoms with Crippen LogP contribution in [0.2, 0.25) is 0 Å². The molecule has 2 atom stereocenters. The Morgan fingerprint density at radius 3 is 2.82 bits per heavy atom. The molecule has 1 aliphatic heterocycles. The van der Waals surface area contributed by atoms with E-state index in [2.05, 4.69) is 0 Å². The minimum atomic E-state index is -0.761. The highest BCUT2D eigenvalue weighted by Crippen LogP contribution is 2.05. The summed E-state index contributed by atoms with van der Waals surface area (Å²) in [4.78, 5) is 10.5. The lowest BCUT2D eigenvalue weighted by atomic mass is 9.99. The van der Waals surface area contributed by atoms with Crippen LogP contribution < -0.4 is 5.32 Å². The van der Waals surface area contributed by atoms with Gasteiger partial charge in [-0.3, -0.25) is 0 Å². The second kappa shape index (κ2) is 3.69. The maximum absolute atomic E-state index is 10.5. The van der Waals surface area contributed by atoms with Crippen LogP contribution in [0.25, 0.3) is 0 Å². The molecule has 1 fully saturated rings. The van der Waals surface area contributed by atoms with Crippen LogP contribution in [-0.2, 0) is 4.79 Å². The molecule has 4 N–H and O–H groups in total. The molecule has 0 spiro atoms. The van der Waals surface area contributed by atoms with E-state index in [-0.39, 0.29) is 18.7 Å². The normalized spacial score (nSPS) is 31.7. The lowest BCUT2D eigenvalue weighted by molar-refractivity contribution is -0.720. The Labute approximate surface area is 65.2 Å². The van der Waals surface area contributed by atoms with Crippen LogP contribution >= 0.6 is 0 Å². The van der Waals surface area contributed by atoms with Crippen molar-refractivity contribution in [3.63, 3.8) is 0 Å². The molecule has 0 aromatic rings. The van der Waals surface area contributed by atoms with E-state index in [1.807, 2.05) is 0 Å². The van der Waals surface area contributed by atoms with Crippen LogP contribution in [0.3, 0.4) is 0 Å². The molecule has 1 rings (SSSR count). The zero-order valence-electron chi connectivity index (χ0n) is 6.36. The fourth-order valence-corrected chi connectivity index (χ4v) is 1.48. The van der Waals surface area contributed by atoms with Gasteiger partial charge < -0.3 is 15.5 Å². The Morgan fingerprint density at radius 1 is 1.55 bits per heavy atom.